The van der Waals surface area contributed by atoms with Gasteiger partial charge in [-0.1, -0.05) is 11.6 Å². The number of benzene rings is 1. The fraction of sp³-hybridized carbons (Fsp3) is 0.357. The predicted molar refractivity (Wildman–Crippen MR) is 78.4 cm³/mol. The molecule has 0 spiro atoms. The topological polar surface area (TPSA) is 27.1 Å². The molecule has 0 N–H and O–H groups in total. The number of rotatable bonds is 4. The minimum Gasteiger partial charge on any atom is -0.496 e. The highest BCUT2D eigenvalue weighted by Gasteiger charge is 2.12. The molecule has 0 unspecified atom stereocenters. The minimum atomic E-state index is 0.477. The molecule has 0 bridgehead atoms. The summed E-state index contributed by atoms with van der Waals surface area (Å²) in [6.45, 7) is 4.61. The average Bonchev–Trinajstić information content (AvgIpc) is 2.64. The van der Waals surface area contributed by atoms with Gasteiger partial charge in [0.25, 0.3) is 0 Å². The molecule has 0 aliphatic carbocycles. The van der Waals surface area contributed by atoms with E-state index in [2.05, 4.69) is 5.10 Å². The number of alkyl halides is 1. The van der Waals surface area contributed by atoms with Crippen LogP contribution in [0.3, 0.4) is 0 Å². The van der Waals surface area contributed by atoms with Gasteiger partial charge in [0.1, 0.15) is 5.75 Å². The van der Waals surface area contributed by atoms with Gasteiger partial charge in [0, 0.05) is 21.8 Å². The number of hydrogen-bond donors (Lipinski definition) is 0. The molecule has 0 amide bonds. The Labute approximate surface area is 123 Å². The molecule has 1 aromatic carbocycles. The molecule has 19 heavy (non-hydrogen) atoms. The van der Waals surface area contributed by atoms with Gasteiger partial charge >= 0.3 is 0 Å². The summed E-state index contributed by atoms with van der Waals surface area (Å²) in [5.41, 5.74) is 4.13. The molecule has 0 fully saturated rings. The number of nitrogens with zero attached hydrogens (tertiary/aromatic N) is 2. The highest BCUT2D eigenvalue weighted by molar-refractivity contribution is 6.30. The van der Waals surface area contributed by atoms with Crippen LogP contribution in [0, 0.1) is 13.8 Å². The third kappa shape index (κ3) is 2.88. The zero-order valence-corrected chi connectivity index (χ0v) is 12.7. The molecule has 1 heterocycles. The zero-order valence-electron chi connectivity index (χ0n) is 11.2. The number of aryl methyl sites for hydroxylation is 1. The number of ether oxygens (including phenoxy) is 1. The van der Waals surface area contributed by atoms with Crippen molar-refractivity contribution in [2.45, 2.75) is 26.3 Å². The highest BCUT2D eigenvalue weighted by atomic mass is 35.5. The molecule has 2 rings (SSSR count). The van der Waals surface area contributed by atoms with Gasteiger partial charge in [0.05, 0.1) is 25.2 Å². The largest absolute Gasteiger partial charge is 0.496 e. The lowest BCUT2D eigenvalue weighted by atomic mass is 10.2. The van der Waals surface area contributed by atoms with Gasteiger partial charge in [-0.15, -0.1) is 11.6 Å². The maximum atomic E-state index is 6.04. The van der Waals surface area contributed by atoms with Gasteiger partial charge in [-0.3, -0.25) is 4.68 Å². The third-order valence-corrected chi connectivity index (χ3v) is 3.73. The summed E-state index contributed by atoms with van der Waals surface area (Å²) in [4.78, 5) is 0. The number of hydrogen-bond acceptors (Lipinski definition) is 2. The second-order valence-corrected chi connectivity index (χ2v) is 5.10. The third-order valence-electron chi connectivity index (χ3n) is 3.23. The predicted octanol–water partition coefficient (Wildman–Crippen LogP) is 3.95. The molecule has 0 radical (unpaired) electrons. The summed E-state index contributed by atoms with van der Waals surface area (Å²) in [6, 6.07) is 5.58. The maximum absolute atomic E-state index is 6.04. The molecule has 0 aliphatic rings. The Morgan fingerprint density at radius 3 is 2.63 bits per heavy atom. The van der Waals surface area contributed by atoms with Gasteiger partial charge in [0.2, 0.25) is 0 Å². The first-order valence-corrected chi connectivity index (χ1v) is 6.89. The van der Waals surface area contributed by atoms with Crippen LogP contribution in [0.25, 0.3) is 0 Å². The van der Waals surface area contributed by atoms with E-state index >= 15 is 0 Å². The van der Waals surface area contributed by atoms with Gasteiger partial charge < -0.3 is 4.74 Å². The van der Waals surface area contributed by atoms with Crippen molar-refractivity contribution in [1.29, 1.82) is 0 Å². The zero-order chi connectivity index (χ0) is 14.0. The Bertz CT molecular complexity index is 593. The van der Waals surface area contributed by atoms with E-state index in [-0.39, 0.29) is 0 Å². The Kier molecular flexibility index (Phi) is 4.38. The first-order valence-electron chi connectivity index (χ1n) is 5.98. The molecule has 5 heteroatoms. The smallest absolute Gasteiger partial charge is 0.124 e. The van der Waals surface area contributed by atoms with Crippen molar-refractivity contribution in [1.82, 2.24) is 9.78 Å². The van der Waals surface area contributed by atoms with Gasteiger partial charge in [0.15, 0.2) is 0 Å². The van der Waals surface area contributed by atoms with Crippen LogP contribution in [0.4, 0.5) is 0 Å². The summed E-state index contributed by atoms with van der Waals surface area (Å²) in [5, 5.41) is 5.20. The molecule has 0 atom stereocenters. The Morgan fingerprint density at radius 2 is 2.05 bits per heavy atom. The van der Waals surface area contributed by atoms with Crippen LogP contribution in [-0.4, -0.2) is 16.9 Å². The van der Waals surface area contributed by atoms with Crippen LogP contribution >= 0.6 is 23.2 Å². The van der Waals surface area contributed by atoms with Crippen LogP contribution in [0.15, 0.2) is 18.2 Å². The van der Waals surface area contributed by atoms with Crippen LogP contribution < -0.4 is 4.74 Å². The molecule has 0 aliphatic heterocycles. The van der Waals surface area contributed by atoms with Gasteiger partial charge in [-0.25, -0.2) is 0 Å². The quantitative estimate of drug-likeness (QED) is 0.799. The molecule has 3 nitrogen and oxygen atoms in total. The summed E-state index contributed by atoms with van der Waals surface area (Å²) < 4.78 is 7.28. The van der Waals surface area contributed by atoms with E-state index in [9.17, 15) is 0 Å². The number of aromatic nitrogens is 2. The summed E-state index contributed by atoms with van der Waals surface area (Å²) >= 11 is 12.0. The van der Waals surface area contributed by atoms with E-state index in [0.717, 1.165) is 28.3 Å². The van der Waals surface area contributed by atoms with E-state index in [1.54, 1.807) is 7.11 Å². The van der Waals surface area contributed by atoms with Gasteiger partial charge in [-0.05, 0) is 32.0 Å². The average molecular weight is 299 g/mol. The molecular weight excluding hydrogens is 283 g/mol. The lowest BCUT2D eigenvalue weighted by molar-refractivity contribution is 0.407. The first-order chi connectivity index (χ1) is 9.06. The second kappa shape index (κ2) is 5.85. The van der Waals surface area contributed by atoms with E-state index < -0.39 is 0 Å². The molecule has 2 aromatic rings. The summed E-state index contributed by atoms with van der Waals surface area (Å²) in [5.74, 6) is 1.29. The monoisotopic (exact) mass is 298 g/mol. The van der Waals surface area contributed by atoms with Crippen molar-refractivity contribution in [2.75, 3.05) is 7.11 Å². The fourth-order valence-corrected chi connectivity index (χ4v) is 2.69. The molecule has 102 valence electrons. The number of methoxy groups -OCH3 is 1. The lowest BCUT2D eigenvalue weighted by Gasteiger charge is -2.10. The van der Waals surface area contributed by atoms with E-state index in [1.807, 2.05) is 36.7 Å². The maximum Gasteiger partial charge on any atom is 0.124 e. The van der Waals surface area contributed by atoms with E-state index in [0.29, 0.717) is 17.4 Å². The summed E-state index contributed by atoms with van der Waals surface area (Å²) in [7, 11) is 1.65. The number of halogens is 2. The highest BCUT2D eigenvalue weighted by Crippen LogP contribution is 2.25. The van der Waals surface area contributed by atoms with Crippen LogP contribution in [0.2, 0.25) is 5.02 Å². The van der Waals surface area contributed by atoms with Crippen LogP contribution in [0.1, 0.15) is 22.5 Å². The Balaban J connectivity index is 2.38. The fourth-order valence-electron chi connectivity index (χ4n) is 2.11. The van der Waals surface area contributed by atoms with Crippen LogP contribution in [-0.2, 0) is 12.4 Å². The van der Waals surface area contributed by atoms with E-state index in [4.69, 9.17) is 27.9 Å². The molecular formula is C14H16Cl2N2O. The lowest BCUT2D eigenvalue weighted by Crippen LogP contribution is -2.05. The SMILES string of the molecule is COc1ccc(Cl)cc1Cn1nc(C)c(CCl)c1C. The first kappa shape index (κ1) is 14.2. The Hall–Kier alpha value is -1.19. The van der Waals surface area contributed by atoms with Crippen molar-refractivity contribution in [3.63, 3.8) is 0 Å². The van der Waals surface area contributed by atoms with Crippen molar-refractivity contribution in [3.05, 3.63) is 45.7 Å². The molecule has 0 saturated carbocycles. The summed E-state index contributed by atoms with van der Waals surface area (Å²) in [6.07, 6.45) is 0. The Morgan fingerprint density at radius 1 is 1.32 bits per heavy atom. The van der Waals surface area contributed by atoms with Crippen LogP contribution in [0.5, 0.6) is 5.75 Å². The van der Waals surface area contributed by atoms with Crippen molar-refractivity contribution in [2.24, 2.45) is 0 Å². The normalized spacial score (nSPS) is 10.8. The molecule has 1 aromatic heterocycles. The van der Waals surface area contributed by atoms with Crippen molar-refractivity contribution in [3.8, 4) is 5.75 Å². The van der Waals surface area contributed by atoms with Gasteiger partial charge in [-0.2, -0.15) is 5.10 Å². The minimum absolute atomic E-state index is 0.477. The van der Waals surface area contributed by atoms with Crippen molar-refractivity contribution >= 4 is 23.2 Å². The molecule has 0 saturated heterocycles. The van der Waals surface area contributed by atoms with E-state index in [1.165, 1.54) is 0 Å². The second-order valence-electron chi connectivity index (χ2n) is 4.40. The standard InChI is InChI=1S/C14H16Cl2N2O/c1-9-13(7-15)10(2)18(17-9)8-11-6-12(16)4-5-14(11)19-3/h4-6H,7-8H2,1-3H3. The van der Waals surface area contributed by atoms with Crippen molar-refractivity contribution < 1.29 is 4.74 Å².